The summed E-state index contributed by atoms with van der Waals surface area (Å²) in [6.45, 7) is 1.87. The number of aromatic nitrogens is 3. The highest BCUT2D eigenvalue weighted by molar-refractivity contribution is 5.35. The zero-order valence-electron chi connectivity index (χ0n) is 19.1. The molecule has 1 unspecified atom stereocenters. The summed E-state index contributed by atoms with van der Waals surface area (Å²) >= 11 is 0. The van der Waals surface area contributed by atoms with Crippen LogP contribution in [0.4, 0.5) is 26.3 Å². The van der Waals surface area contributed by atoms with Crippen LogP contribution in [0.2, 0.25) is 0 Å². The molecule has 0 spiro atoms. The molecular formula is C24H24F6N4O2. The summed E-state index contributed by atoms with van der Waals surface area (Å²) in [6.07, 6.45) is -9.61. The zero-order valence-corrected chi connectivity index (χ0v) is 19.1. The Bertz CT molecular complexity index is 1200. The van der Waals surface area contributed by atoms with E-state index >= 15 is 0 Å². The molecule has 0 bridgehead atoms. The molecule has 0 aliphatic heterocycles. The Labute approximate surface area is 202 Å². The van der Waals surface area contributed by atoms with Gasteiger partial charge in [0.15, 0.2) is 0 Å². The van der Waals surface area contributed by atoms with Gasteiger partial charge >= 0.3 is 18.0 Å². The molecule has 0 radical (unpaired) electrons. The lowest BCUT2D eigenvalue weighted by Gasteiger charge is -2.48. The van der Waals surface area contributed by atoms with Crippen LogP contribution in [0.1, 0.15) is 53.9 Å². The van der Waals surface area contributed by atoms with Gasteiger partial charge in [0.1, 0.15) is 5.82 Å². The number of ether oxygens (including phenoxy) is 1. The SMILES string of the molecule is CC(OCC1(c2ccccc2)CC(NCc2n[nH]c(=O)[nH]2)C1)c1cc(C(F)(F)F)cc(C(F)(F)F)c1. The van der Waals surface area contributed by atoms with Crippen LogP contribution in [0.25, 0.3) is 0 Å². The molecule has 1 atom stereocenters. The Balaban J connectivity index is 1.49. The average Bonchev–Trinajstić information content (AvgIpc) is 3.22. The smallest absolute Gasteiger partial charge is 0.373 e. The fourth-order valence-electron chi connectivity index (χ4n) is 4.48. The van der Waals surface area contributed by atoms with Crippen molar-refractivity contribution in [2.45, 2.75) is 56.2 Å². The van der Waals surface area contributed by atoms with E-state index in [-0.39, 0.29) is 24.3 Å². The Hall–Kier alpha value is -3.12. The van der Waals surface area contributed by atoms with Crippen molar-refractivity contribution in [1.29, 1.82) is 0 Å². The average molecular weight is 514 g/mol. The zero-order chi connectivity index (χ0) is 26.1. The van der Waals surface area contributed by atoms with E-state index in [1.807, 2.05) is 30.3 Å². The number of H-pyrrole nitrogens is 2. The van der Waals surface area contributed by atoms with Crippen molar-refractivity contribution in [2.24, 2.45) is 0 Å². The normalized spacial score (nSPS) is 21.2. The Morgan fingerprint density at radius 2 is 1.67 bits per heavy atom. The highest BCUT2D eigenvalue weighted by Gasteiger charge is 2.46. The van der Waals surface area contributed by atoms with Gasteiger partial charge in [-0.3, -0.25) is 4.98 Å². The summed E-state index contributed by atoms with van der Waals surface area (Å²) in [6, 6.07) is 11.0. The highest BCUT2D eigenvalue weighted by Crippen LogP contribution is 2.45. The summed E-state index contributed by atoms with van der Waals surface area (Å²) in [4.78, 5) is 13.7. The summed E-state index contributed by atoms with van der Waals surface area (Å²) in [5.41, 5.74) is -2.86. The number of aromatic amines is 2. The summed E-state index contributed by atoms with van der Waals surface area (Å²) in [7, 11) is 0. The number of nitrogens with one attached hydrogen (secondary N) is 3. The van der Waals surface area contributed by atoms with Crippen LogP contribution in [0.5, 0.6) is 0 Å². The molecule has 2 aromatic carbocycles. The molecule has 12 heteroatoms. The molecule has 3 N–H and O–H groups in total. The van der Waals surface area contributed by atoms with Crippen molar-refractivity contribution in [3.8, 4) is 0 Å². The third-order valence-electron chi connectivity index (χ3n) is 6.46. The minimum absolute atomic E-state index is 0.0507. The summed E-state index contributed by atoms with van der Waals surface area (Å²) in [5.74, 6) is 0.451. The quantitative estimate of drug-likeness (QED) is 0.365. The van der Waals surface area contributed by atoms with Crippen LogP contribution in [-0.2, 0) is 29.0 Å². The number of nitrogens with zero attached hydrogens (tertiary/aromatic N) is 1. The van der Waals surface area contributed by atoms with Gasteiger partial charge in [-0.15, -0.1) is 0 Å². The van der Waals surface area contributed by atoms with Crippen molar-refractivity contribution in [2.75, 3.05) is 6.61 Å². The van der Waals surface area contributed by atoms with E-state index in [0.29, 0.717) is 37.3 Å². The van der Waals surface area contributed by atoms with Gasteiger partial charge in [0, 0.05) is 11.5 Å². The number of hydrogen-bond donors (Lipinski definition) is 3. The van der Waals surface area contributed by atoms with Gasteiger partial charge in [-0.25, -0.2) is 9.89 Å². The van der Waals surface area contributed by atoms with Gasteiger partial charge in [0.2, 0.25) is 0 Å². The van der Waals surface area contributed by atoms with Crippen LogP contribution in [0.15, 0.2) is 53.3 Å². The van der Waals surface area contributed by atoms with Crippen molar-refractivity contribution in [3.05, 3.63) is 87.1 Å². The molecule has 1 aromatic heterocycles. The lowest BCUT2D eigenvalue weighted by Crippen LogP contribution is -2.54. The van der Waals surface area contributed by atoms with E-state index in [9.17, 15) is 31.1 Å². The predicted molar refractivity (Wildman–Crippen MR) is 118 cm³/mol. The first-order valence-electron chi connectivity index (χ1n) is 11.2. The molecule has 6 nitrogen and oxygen atoms in total. The molecule has 1 heterocycles. The Morgan fingerprint density at radius 3 is 2.19 bits per heavy atom. The van der Waals surface area contributed by atoms with Gasteiger partial charge in [-0.2, -0.15) is 31.4 Å². The summed E-state index contributed by atoms with van der Waals surface area (Å²) in [5, 5.41) is 9.41. The molecule has 1 aliphatic carbocycles. The minimum atomic E-state index is -4.92. The largest absolute Gasteiger partial charge is 0.416 e. The van der Waals surface area contributed by atoms with Crippen molar-refractivity contribution >= 4 is 0 Å². The number of rotatable bonds is 8. The number of alkyl halides is 6. The predicted octanol–water partition coefficient (Wildman–Crippen LogP) is 5.10. The highest BCUT2D eigenvalue weighted by atomic mass is 19.4. The molecule has 1 aliphatic rings. The Morgan fingerprint density at radius 1 is 1.06 bits per heavy atom. The maximum absolute atomic E-state index is 13.3. The van der Waals surface area contributed by atoms with Gasteiger partial charge in [0.05, 0.1) is 30.4 Å². The maximum atomic E-state index is 13.3. The molecule has 0 amide bonds. The van der Waals surface area contributed by atoms with E-state index in [4.69, 9.17) is 4.74 Å². The third-order valence-corrected chi connectivity index (χ3v) is 6.46. The standard InChI is InChI=1S/C24H24F6N4O2/c1-14(15-7-17(23(25,26)27)9-18(8-15)24(28,29)30)36-13-22(16-5-3-2-4-6-16)10-19(11-22)31-12-20-32-21(35)34-33-20/h2-9,14,19,31H,10-13H2,1H3,(H2,32,33,34,35). The second-order valence-corrected chi connectivity index (χ2v) is 9.05. The van der Waals surface area contributed by atoms with Crippen LogP contribution in [-0.4, -0.2) is 27.8 Å². The number of hydrogen-bond acceptors (Lipinski definition) is 4. The maximum Gasteiger partial charge on any atom is 0.416 e. The first kappa shape index (κ1) is 26.0. The fraction of sp³-hybridized carbons (Fsp3) is 0.417. The minimum Gasteiger partial charge on any atom is -0.373 e. The molecule has 1 fully saturated rings. The first-order chi connectivity index (χ1) is 16.9. The monoisotopic (exact) mass is 514 g/mol. The van der Waals surface area contributed by atoms with E-state index in [1.54, 1.807) is 0 Å². The van der Waals surface area contributed by atoms with E-state index in [2.05, 4.69) is 20.5 Å². The molecule has 4 rings (SSSR count). The molecule has 1 saturated carbocycles. The number of halogens is 6. The van der Waals surface area contributed by atoms with Crippen molar-refractivity contribution in [1.82, 2.24) is 20.5 Å². The van der Waals surface area contributed by atoms with Gasteiger partial charge in [0.25, 0.3) is 0 Å². The van der Waals surface area contributed by atoms with E-state index in [0.717, 1.165) is 5.56 Å². The molecule has 194 valence electrons. The molecule has 36 heavy (non-hydrogen) atoms. The van der Waals surface area contributed by atoms with Gasteiger partial charge < -0.3 is 10.1 Å². The lowest BCUT2D eigenvalue weighted by atomic mass is 9.62. The summed E-state index contributed by atoms with van der Waals surface area (Å²) < 4.78 is 85.5. The van der Waals surface area contributed by atoms with E-state index in [1.165, 1.54) is 6.92 Å². The van der Waals surface area contributed by atoms with Crippen LogP contribution in [0, 0.1) is 0 Å². The van der Waals surface area contributed by atoms with Crippen LogP contribution in [0.3, 0.4) is 0 Å². The third kappa shape index (κ3) is 5.81. The Kier molecular flexibility index (Phi) is 7.02. The van der Waals surface area contributed by atoms with Crippen LogP contribution < -0.4 is 11.0 Å². The number of benzene rings is 2. The molecule has 3 aromatic rings. The van der Waals surface area contributed by atoms with E-state index < -0.39 is 40.7 Å². The molecular weight excluding hydrogens is 490 g/mol. The van der Waals surface area contributed by atoms with Crippen molar-refractivity contribution in [3.63, 3.8) is 0 Å². The first-order valence-corrected chi connectivity index (χ1v) is 11.2. The second kappa shape index (κ2) is 9.74. The fourth-order valence-corrected chi connectivity index (χ4v) is 4.48. The van der Waals surface area contributed by atoms with Gasteiger partial charge in [-0.1, -0.05) is 30.3 Å². The lowest BCUT2D eigenvalue weighted by molar-refractivity contribution is -0.143. The van der Waals surface area contributed by atoms with Crippen molar-refractivity contribution < 1.29 is 31.1 Å². The topological polar surface area (TPSA) is 82.8 Å². The molecule has 0 saturated heterocycles. The van der Waals surface area contributed by atoms with Crippen LogP contribution >= 0.6 is 0 Å². The van der Waals surface area contributed by atoms with Gasteiger partial charge in [-0.05, 0) is 49.1 Å². The second-order valence-electron chi connectivity index (χ2n) is 9.05.